The van der Waals surface area contributed by atoms with Crippen LogP contribution in [0.2, 0.25) is 0 Å². The maximum absolute atomic E-state index is 12.7. The molecule has 0 bridgehead atoms. The summed E-state index contributed by atoms with van der Waals surface area (Å²) in [6.45, 7) is 0.891. The number of piperidine rings is 1. The van der Waals surface area contributed by atoms with Gasteiger partial charge in [-0.25, -0.2) is 4.79 Å². The smallest absolute Gasteiger partial charge is 0.342 e. The second-order valence-electron chi connectivity index (χ2n) is 7.60. The van der Waals surface area contributed by atoms with Gasteiger partial charge in [-0.15, -0.1) is 0 Å². The van der Waals surface area contributed by atoms with Crippen LogP contribution in [-0.4, -0.2) is 33.4 Å². The number of fused-ring (bicyclic) bond motifs is 1. The summed E-state index contributed by atoms with van der Waals surface area (Å²) in [5.74, 6) is -0.156. The van der Waals surface area contributed by atoms with Gasteiger partial charge in [0, 0.05) is 19.1 Å². The average Bonchev–Trinajstić information content (AvgIpc) is 3.09. The third kappa shape index (κ3) is 4.06. The van der Waals surface area contributed by atoms with E-state index in [1.165, 1.54) is 12.1 Å². The predicted octanol–water partition coefficient (Wildman–Crippen LogP) is 3.63. The highest BCUT2D eigenvalue weighted by Crippen LogP contribution is 2.29. The van der Waals surface area contributed by atoms with Gasteiger partial charge < -0.3 is 9.88 Å². The van der Waals surface area contributed by atoms with Gasteiger partial charge in [0.25, 0.3) is 0 Å². The summed E-state index contributed by atoms with van der Waals surface area (Å²) < 4.78 is 39.7. The lowest BCUT2D eigenvalue weighted by Gasteiger charge is -2.32. The van der Waals surface area contributed by atoms with Crippen LogP contribution < -0.4 is 5.69 Å². The lowest BCUT2D eigenvalue weighted by Crippen LogP contribution is -2.41. The highest BCUT2D eigenvalue weighted by molar-refractivity contribution is 5.81. The van der Waals surface area contributed by atoms with E-state index >= 15 is 0 Å². The molecule has 6 nitrogen and oxygen atoms in total. The van der Waals surface area contributed by atoms with Gasteiger partial charge in [0.2, 0.25) is 5.91 Å². The van der Waals surface area contributed by atoms with Gasteiger partial charge in [0.1, 0.15) is 6.07 Å². The second-order valence-corrected chi connectivity index (χ2v) is 7.60. The molecule has 9 heteroatoms. The summed E-state index contributed by atoms with van der Waals surface area (Å²) in [6.07, 6.45) is -3.23. The number of rotatable bonds is 3. The van der Waals surface area contributed by atoms with Crippen molar-refractivity contribution >= 4 is 16.9 Å². The molecule has 2 aromatic carbocycles. The Balaban J connectivity index is 1.43. The Bertz CT molecular complexity index is 1210. The van der Waals surface area contributed by atoms with E-state index in [2.05, 4.69) is 11.1 Å². The molecule has 1 aromatic heterocycles. The maximum Gasteiger partial charge on any atom is 0.416 e. The number of hydrogen-bond donors (Lipinski definition) is 1. The van der Waals surface area contributed by atoms with Crippen LogP contribution in [0.1, 0.15) is 35.6 Å². The molecule has 0 unspecified atom stereocenters. The number of nitrogens with zero attached hydrogens (tertiary/aromatic N) is 3. The van der Waals surface area contributed by atoms with Crippen molar-refractivity contribution in [1.82, 2.24) is 14.5 Å². The molecular weight excluding hydrogens is 409 g/mol. The molecule has 3 aromatic rings. The number of amides is 1. The Labute approximate surface area is 175 Å². The third-order valence-electron chi connectivity index (χ3n) is 5.69. The highest BCUT2D eigenvalue weighted by Gasteiger charge is 2.30. The summed E-state index contributed by atoms with van der Waals surface area (Å²) >= 11 is 0. The van der Waals surface area contributed by atoms with Gasteiger partial charge in [-0.05, 0) is 42.7 Å². The van der Waals surface area contributed by atoms with Crippen LogP contribution in [0.15, 0.2) is 47.3 Å². The molecule has 1 fully saturated rings. The molecule has 0 spiro atoms. The van der Waals surface area contributed by atoms with Gasteiger partial charge in [0.05, 0.1) is 28.6 Å². The molecule has 160 valence electrons. The molecule has 1 aliphatic rings. The number of carbonyl (C=O) groups excluding carboxylic acids is 1. The highest BCUT2D eigenvalue weighted by atomic mass is 19.4. The topological polar surface area (TPSA) is 81.9 Å². The van der Waals surface area contributed by atoms with Crippen LogP contribution in [-0.2, 0) is 17.4 Å². The summed E-state index contributed by atoms with van der Waals surface area (Å²) in [7, 11) is 0. The molecule has 0 aliphatic carbocycles. The zero-order chi connectivity index (χ0) is 22.2. The van der Waals surface area contributed by atoms with Crippen molar-refractivity contribution in [2.75, 3.05) is 13.1 Å². The van der Waals surface area contributed by atoms with Gasteiger partial charge in [0.15, 0.2) is 0 Å². The Hall–Kier alpha value is -3.54. The van der Waals surface area contributed by atoms with Crippen molar-refractivity contribution in [3.05, 3.63) is 69.6 Å². The molecular formula is C22H19F3N4O2. The number of likely N-dealkylation sites (tertiary alicyclic amines) is 1. The number of benzene rings is 2. The molecule has 1 aliphatic heterocycles. The largest absolute Gasteiger partial charge is 0.416 e. The van der Waals surface area contributed by atoms with Crippen molar-refractivity contribution in [3.63, 3.8) is 0 Å². The van der Waals surface area contributed by atoms with E-state index in [0.29, 0.717) is 48.1 Å². The molecule has 0 saturated carbocycles. The zero-order valence-corrected chi connectivity index (χ0v) is 16.4. The zero-order valence-electron chi connectivity index (χ0n) is 16.4. The standard InChI is InChI=1S/C22H19F3N4O2/c23-22(24,25)16-6-4-14(5-7-16)12-19(30)28-10-8-17(9-11-28)29-18-3-1-2-15(13-26)20(18)27-21(29)31/h1-7,17H,8-12H2,(H,27,31). The minimum absolute atomic E-state index is 0.0291. The number of hydrogen-bond acceptors (Lipinski definition) is 3. The number of nitrogens with one attached hydrogen (secondary N) is 1. The number of imidazole rings is 1. The lowest BCUT2D eigenvalue weighted by atomic mass is 10.0. The van der Waals surface area contributed by atoms with Gasteiger partial charge in [-0.2, -0.15) is 18.4 Å². The Morgan fingerprint density at radius 3 is 2.42 bits per heavy atom. The number of para-hydroxylation sites is 1. The van der Waals surface area contributed by atoms with E-state index in [1.807, 2.05) is 0 Å². The first-order valence-electron chi connectivity index (χ1n) is 9.85. The Morgan fingerprint density at radius 2 is 1.81 bits per heavy atom. The number of aromatic nitrogens is 2. The Morgan fingerprint density at radius 1 is 1.13 bits per heavy atom. The molecule has 1 N–H and O–H groups in total. The van der Waals surface area contributed by atoms with Crippen molar-refractivity contribution in [1.29, 1.82) is 5.26 Å². The monoisotopic (exact) mass is 428 g/mol. The fraction of sp³-hybridized carbons (Fsp3) is 0.318. The number of H-pyrrole nitrogens is 1. The van der Waals surface area contributed by atoms with E-state index in [9.17, 15) is 28.0 Å². The number of nitriles is 1. The van der Waals surface area contributed by atoms with Crippen molar-refractivity contribution in [3.8, 4) is 6.07 Å². The number of aromatic amines is 1. The summed E-state index contributed by atoms with van der Waals surface area (Å²) in [5, 5.41) is 9.24. The average molecular weight is 428 g/mol. The third-order valence-corrected chi connectivity index (χ3v) is 5.69. The van der Waals surface area contributed by atoms with E-state index in [1.54, 1.807) is 27.7 Å². The quantitative estimate of drug-likeness (QED) is 0.692. The van der Waals surface area contributed by atoms with Crippen molar-refractivity contribution < 1.29 is 18.0 Å². The normalized spacial score (nSPS) is 15.2. The Kier molecular flexibility index (Phi) is 5.31. The number of halogens is 3. The van der Waals surface area contributed by atoms with Crippen LogP contribution in [0.5, 0.6) is 0 Å². The predicted molar refractivity (Wildman–Crippen MR) is 107 cm³/mol. The SMILES string of the molecule is N#Cc1cccc2c1[nH]c(=O)n2C1CCN(C(=O)Cc2ccc(C(F)(F)F)cc2)CC1. The van der Waals surface area contributed by atoms with Gasteiger partial charge >= 0.3 is 11.9 Å². The summed E-state index contributed by atoms with van der Waals surface area (Å²) in [5.41, 5.74) is 1.07. The van der Waals surface area contributed by atoms with Crippen molar-refractivity contribution in [2.45, 2.75) is 31.5 Å². The molecule has 31 heavy (non-hydrogen) atoms. The molecule has 1 saturated heterocycles. The molecule has 0 radical (unpaired) electrons. The van der Waals surface area contributed by atoms with E-state index in [-0.39, 0.29) is 24.1 Å². The molecule has 2 heterocycles. The fourth-order valence-corrected chi connectivity index (χ4v) is 4.08. The number of alkyl halides is 3. The van der Waals surface area contributed by atoms with Crippen LogP contribution in [0.3, 0.4) is 0 Å². The maximum atomic E-state index is 12.7. The molecule has 0 atom stereocenters. The van der Waals surface area contributed by atoms with Gasteiger partial charge in [-0.1, -0.05) is 18.2 Å². The van der Waals surface area contributed by atoms with Crippen LogP contribution >= 0.6 is 0 Å². The lowest BCUT2D eigenvalue weighted by molar-refractivity contribution is -0.137. The first-order valence-corrected chi connectivity index (χ1v) is 9.85. The van der Waals surface area contributed by atoms with E-state index < -0.39 is 11.7 Å². The van der Waals surface area contributed by atoms with E-state index in [4.69, 9.17) is 0 Å². The molecule has 1 amide bonds. The van der Waals surface area contributed by atoms with Crippen LogP contribution in [0.4, 0.5) is 13.2 Å². The minimum Gasteiger partial charge on any atom is -0.342 e. The molecule has 4 rings (SSSR count). The van der Waals surface area contributed by atoms with Crippen LogP contribution in [0, 0.1) is 11.3 Å². The second kappa shape index (κ2) is 7.95. The summed E-state index contributed by atoms with van der Waals surface area (Å²) in [4.78, 5) is 29.5. The first-order chi connectivity index (χ1) is 14.8. The first kappa shape index (κ1) is 20.7. The number of carbonyl (C=O) groups is 1. The van der Waals surface area contributed by atoms with Gasteiger partial charge in [-0.3, -0.25) is 9.36 Å². The minimum atomic E-state index is -4.40. The fourth-order valence-electron chi connectivity index (χ4n) is 4.08. The van der Waals surface area contributed by atoms with Crippen molar-refractivity contribution in [2.24, 2.45) is 0 Å². The van der Waals surface area contributed by atoms with E-state index in [0.717, 1.165) is 12.1 Å². The van der Waals surface area contributed by atoms with Crippen LogP contribution in [0.25, 0.3) is 11.0 Å². The summed E-state index contributed by atoms with van der Waals surface area (Å²) in [6, 6.07) is 11.7.